The summed E-state index contributed by atoms with van der Waals surface area (Å²) in [6.07, 6.45) is -0.176. The fraction of sp³-hybridized carbons (Fsp3) is 0.333. The van der Waals surface area contributed by atoms with E-state index in [2.05, 4.69) is 4.98 Å². The van der Waals surface area contributed by atoms with E-state index in [0.29, 0.717) is 23.9 Å². The number of imidazole rings is 1. The molecule has 2 N–H and O–H groups in total. The lowest BCUT2D eigenvalue weighted by Gasteiger charge is -2.08. The standard InChI is InChI=1S/C12H13Cl2N3O2/c13-5-4-10-16-11-8(14)2-1-3-9(11)17(10)6-7-19-12(15)18/h1-3H,4-7H2,(H2,15,18). The maximum absolute atomic E-state index is 10.6. The van der Waals surface area contributed by atoms with Gasteiger partial charge in [-0.2, -0.15) is 0 Å². The minimum atomic E-state index is -0.790. The summed E-state index contributed by atoms with van der Waals surface area (Å²) in [5.74, 6) is 1.27. The Morgan fingerprint density at radius 1 is 1.47 bits per heavy atom. The van der Waals surface area contributed by atoms with E-state index >= 15 is 0 Å². The molecule has 0 atom stereocenters. The van der Waals surface area contributed by atoms with Crippen LogP contribution in [0.15, 0.2) is 18.2 Å². The monoisotopic (exact) mass is 301 g/mol. The third kappa shape index (κ3) is 3.11. The lowest BCUT2D eigenvalue weighted by Crippen LogP contribution is -2.17. The van der Waals surface area contributed by atoms with E-state index in [-0.39, 0.29) is 6.61 Å². The van der Waals surface area contributed by atoms with Crippen LogP contribution in [-0.4, -0.2) is 28.1 Å². The summed E-state index contributed by atoms with van der Waals surface area (Å²) in [7, 11) is 0. The minimum absolute atomic E-state index is 0.183. The summed E-state index contributed by atoms with van der Waals surface area (Å²) in [4.78, 5) is 15.1. The normalized spacial score (nSPS) is 10.8. The van der Waals surface area contributed by atoms with Gasteiger partial charge in [0.05, 0.1) is 17.1 Å². The molecular formula is C12H13Cl2N3O2. The van der Waals surface area contributed by atoms with E-state index in [4.69, 9.17) is 33.7 Å². The van der Waals surface area contributed by atoms with Gasteiger partial charge in [-0.25, -0.2) is 9.78 Å². The third-order valence-corrected chi connectivity index (χ3v) is 3.18. The highest BCUT2D eigenvalue weighted by Crippen LogP contribution is 2.24. The Morgan fingerprint density at radius 3 is 2.95 bits per heavy atom. The summed E-state index contributed by atoms with van der Waals surface area (Å²) in [5.41, 5.74) is 6.55. The minimum Gasteiger partial charge on any atom is -0.448 e. The second kappa shape index (κ2) is 6.12. The number of nitrogens with zero attached hydrogens (tertiary/aromatic N) is 2. The molecule has 0 aliphatic carbocycles. The van der Waals surface area contributed by atoms with Crippen LogP contribution in [-0.2, 0) is 17.7 Å². The Labute approximate surface area is 120 Å². The number of aromatic nitrogens is 2. The van der Waals surface area contributed by atoms with Crippen LogP contribution in [0.1, 0.15) is 5.82 Å². The van der Waals surface area contributed by atoms with Crippen molar-refractivity contribution in [1.29, 1.82) is 0 Å². The van der Waals surface area contributed by atoms with Crippen LogP contribution in [0.4, 0.5) is 4.79 Å². The van der Waals surface area contributed by atoms with Crippen molar-refractivity contribution >= 4 is 40.3 Å². The van der Waals surface area contributed by atoms with Crippen LogP contribution >= 0.6 is 23.2 Å². The maximum Gasteiger partial charge on any atom is 0.404 e. The quantitative estimate of drug-likeness (QED) is 0.863. The number of rotatable bonds is 5. The van der Waals surface area contributed by atoms with Crippen molar-refractivity contribution in [3.63, 3.8) is 0 Å². The van der Waals surface area contributed by atoms with E-state index in [1.165, 1.54) is 0 Å². The number of alkyl halides is 1. The molecular weight excluding hydrogens is 289 g/mol. The average Bonchev–Trinajstić information content (AvgIpc) is 2.70. The highest BCUT2D eigenvalue weighted by molar-refractivity contribution is 6.34. The zero-order valence-electron chi connectivity index (χ0n) is 10.1. The van der Waals surface area contributed by atoms with Gasteiger partial charge < -0.3 is 15.0 Å². The number of carbonyl (C=O) groups is 1. The lowest BCUT2D eigenvalue weighted by molar-refractivity contribution is 0.152. The first kappa shape index (κ1) is 14.0. The predicted octanol–water partition coefficient (Wildman–Crippen LogP) is 2.57. The zero-order valence-corrected chi connectivity index (χ0v) is 11.6. The molecule has 0 saturated heterocycles. The van der Waals surface area contributed by atoms with E-state index in [9.17, 15) is 4.79 Å². The van der Waals surface area contributed by atoms with Gasteiger partial charge >= 0.3 is 6.09 Å². The van der Waals surface area contributed by atoms with E-state index in [1.54, 1.807) is 6.07 Å². The van der Waals surface area contributed by atoms with Crippen LogP contribution in [0.2, 0.25) is 5.02 Å². The first-order chi connectivity index (χ1) is 9.13. The first-order valence-corrected chi connectivity index (χ1v) is 6.66. The van der Waals surface area contributed by atoms with Crippen molar-refractivity contribution in [3.8, 4) is 0 Å². The first-order valence-electron chi connectivity index (χ1n) is 5.75. The molecule has 0 fully saturated rings. The van der Waals surface area contributed by atoms with Crippen molar-refractivity contribution in [3.05, 3.63) is 29.0 Å². The molecule has 0 radical (unpaired) electrons. The number of amides is 1. The smallest absolute Gasteiger partial charge is 0.404 e. The van der Waals surface area contributed by atoms with Gasteiger partial charge in [0, 0.05) is 12.3 Å². The summed E-state index contributed by atoms with van der Waals surface area (Å²) >= 11 is 11.9. The largest absolute Gasteiger partial charge is 0.448 e. The Bertz CT molecular complexity index is 598. The number of benzene rings is 1. The SMILES string of the molecule is NC(=O)OCCn1c(CCCl)nc2c(Cl)cccc21. The number of carbonyl (C=O) groups excluding carboxylic acids is 1. The molecule has 0 bridgehead atoms. The molecule has 0 aliphatic heterocycles. The van der Waals surface area contributed by atoms with E-state index in [1.807, 2.05) is 16.7 Å². The number of para-hydroxylation sites is 1. The molecule has 0 aliphatic rings. The molecule has 102 valence electrons. The van der Waals surface area contributed by atoms with Crippen molar-refractivity contribution < 1.29 is 9.53 Å². The fourth-order valence-electron chi connectivity index (χ4n) is 1.92. The molecule has 19 heavy (non-hydrogen) atoms. The molecule has 1 heterocycles. The molecule has 2 rings (SSSR count). The maximum atomic E-state index is 10.6. The van der Waals surface area contributed by atoms with Crippen LogP contribution < -0.4 is 5.73 Å². The van der Waals surface area contributed by atoms with Gasteiger partial charge in [0.15, 0.2) is 0 Å². The molecule has 7 heteroatoms. The Kier molecular flexibility index (Phi) is 4.50. The van der Waals surface area contributed by atoms with Gasteiger partial charge in [-0.3, -0.25) is 0 Å². The Morgan fingerprint density at radius 2 is 2.26 bits per heavy atom. The lowest BCUT2D eigenvalue weighted by atomic mass is 10.3. The van der Waals surface area contributed by atoms with Crippen LogP contribution in [0.25, 0.3) is 11.0 Å². The number of hydrogen-bond donors (Lipinski definition) is 1. The Hall–Kier alpha value is -1.46. The van der Waals surface area contributed by atoms with E-state index < -0.39 is 6.09 Å². The topological polar surface area (TPSA) is 70.1 Å². The Balaban J connectivity index is 2.35. The molecule has 1 aromatic heterocycles. The summed E-state index contributed by atoms with van der Waals surface area (Å²) in [6, 6.07) is 5.55. The van der Waals surface area contributed by atoms with Gasteiger partial charge in [0.2, 0.25) is 0 Å². The zero-order chi connectivity index (χ0) is 13.8. The highest BCUT2D eigenvalue weighted by Gasteiger charge is 2.12. The molecule has 0 spiro atoms. The molecule has 0 saturated carbocycles. The van der Waals surface area contributed by atoms with Crippen molar-refractivity contribution in [1.82, 2.24) is 9.55 Å². The number of fused-ring (bicyclic) bond motifs is 1. The van der Waals surface area contributed by atoms with Crippen molar-refractivity contribution in [2.45, 2.75) is 13.0 Å². The fourth-order valence-corrected chi connectivity index (χ4v) is 2.30. The van der Waals surface area contributed by atoms with Crippen molar-refractivity contribution in [2.75, 3.05) is 12.5 Å². The molecule has 0 unspecified atom stereocenters. The van der Waals surface area contributed by atoms with Gasteiger partial charge in [-0.15, -0.1) is 11.6 Å². The van der Waals surface area contributed by atoms with Gasteiger partial charge in [0.25, 0.3) is 0 Å². The predicted molar refractivity (Wildman–Crippen MR) is 74.7 cm³/mol. The van der Waals surface area contributed by atoms with Crippen molar-refractivity contribution in [2.24, 2.45) is 5.73 Å². The second-order valence-corrected chi connectivity index (χ2v) is 4.68. The van der Waals surface area contributed by atoms with Crippen LogP contribution in [0, 0.1) is 0 Å². The van der Waals surface area contributed by atoms with E-state index in [0.717, 1.165) is 16.9 Å². The molecule has 5 nitrogen and oxygen atoms in total. The number of hydrogen-bond acceptors (Lipinski definition) is 3. The second-order valence-electron chi connectivity index (χ2n) is 3.89. The number of ether oxygens (including phenoxy) is 1. The number of halogens is 2. The third-order valence-electron chi connectivity index (χ3n) is 2.69. The number of primary amides is 1. The van der Waals surface area contributed by atoms with Crippen LogP contribution in [0.3, 0.4) is 0 Å². The van der Waals surface area contributed by atoms with Gasteiger partial charge in [0.1, 0.15) is 17.9 Å². The average molecular weight is 302 g/mol. The van der Waals surface area contributed by atoms with Gasteiger partial charge in [-0.1, -0.05) is 17.7 Å². The van der Waals surface area contributed by atoms with Crippen LogP contribution in [0.5, 0.6) is 0 Å². The summed E-state index contributed by atoms with van der Waals surface area (Å²) < 4.78 is 6.69. The van der Waals surface area contributed by atoms with Gasteiger partial charge in [-0.05, 0) is 12.1 Å². The molecule has 1 aromatic carbocycles. The molecule has 1 amide bonds. The number of nitrogens with two attached hydrogens (primary N) is 1. The summed E-state index contributed by atoms with van der Waals surface area (Å²) in [5, 5.41) is 0.586. The molecule has 2 aromatic rings. The number of aryl methyl sites for hydroxylation is 1. The highest BCUT2D eigenvalue weighted by atomic mass is 35.5. The summed E-state index contributed by atoms with van der Waals surface area (Å²) in [6.45, 7) is 0.647.